The predicted octanol–water partition coefficient (Wildman–Crippen LogP) is 4.03. The van der Waals surface area contributed by atoms with E-state index in [1.54, 1.807) is 30.3 Å². The highest BCUT2D eigenvalue weighted by Gasteiger charge is 2.53. The van der Waals surface area contributed by atoms with Crippen molar-refractivity contribution in [2.75, 3.05) is 4.90 Å². The molecule has 2 aliphatic heterocycles. The van der Waals surface area contributed by atoms with Crippen molar-refractivity contribution in [2.45, 2.75) is 44.8 Å². The first-order valence-corrected chi connectivity index (χ1v) is 10.0. The van der Waals surface area contributed by atoms with E-state index in [0.717, 1.165) is 31.4 Å². The molecule has 2 aromatic rings. The van der Waals surface area contributed by atoms with Gasteiger partial charge in [-0.15, -0.1) is 0 Å². The van der Waals surface area contributed by atoms with Crippen LogP contribution in [0.5, 0.6) is 0 Å². The number of ketones is 1. The first-order chi connectivity index (χ1) is 14.1. The Balaban J connectivity index is 1.69. The van der Waals surface area contributed by atoms with Crippen molar-refractivity contribution in [2.24, 2.45) is 5.92 Å². The van der Waals surface area contributed by atoms with Gasteiger partial charge < -0.3 is 4.74 Å². The summed E-state index contributed by atoms with van der Waals surface area (Å²) in [5.74, 6) is -0.798. The fourth-order valence-electron chi connectivity index (χ4n) is 4.74. The van der Waals surface area contributed by atoms with Crippen LogP contribution in [-0.4, -0.2) is 22.8 Å². The minimum absolute atomic E-state index is 0.0645. The van der Waals surface area contributed by atoms with E-state index in [-0.39, 0.29) is 34.7 Å². The maximum Gasteiger partial charge on any atom is 0.295 e. The Morgan fingerprint density at radius 3 is 2.66 bits per heavy atom. The molecule has 0 saturated heterocycles. The molecule has 5 nitrogen and oxygen atoms in total. The Morgan fingerprint density at radius 1 is 1.07 bits per heavy atom. The van der Waals surface area contributed by atoms with E-state index in [2.05, 4.69) is 4.98 Å². The maximum absolute atomic E-state index is 14.8. The molecule has 6 heteroatoms. The number of aryl methyl sites for hydroxylation is 1. The number of ether oxygens (including phenoxy) is 1. The topological polar surface area (TPSA) is 59.5 Å². The summed E-state index contributed by atoms with van der Waals surface area (Å²) in [6, 6.07) is 10.7. The van der Waals surface area contributed by atoms with Crippen LogP contribution in [0.1, 0.15) is 43.0 Å². The van der Waals surface area contributed by atoms with Crippen LogP contribution < -0.4 is 4.90 Å². The lowest BCUT2D eigenvalue weighted by atomic mass is 9.77. The number of pyridine rings is 1. The van der Waals surface area contributed by atoms with E-state index >= 15 is 0 Å². The molecular weight excluding hydrogens is 371 g/mol. The third-order valence-corrected chi connectivity index (χ3v) is 6.08. The van der Waals surface area contributed by atoms with Crippen LogP contribution in [0.4, 0.5) is 10.2 Å². The molecule has 0 radical (unpaired) electrons. The molecule has 148 valence electrons. The fourth-order valence-corrected chi connectivity index (χ4v) is 4.74. The largest absolute Gasteiger partial charge is 0.483 e. The molecule has 0 N–H and O–H groups in total. The Labute approximate surface area is 168 Å². The quantitative estimate of drug-likeness (QED) is 0.774. The molecule has 1 saturated carbocycles. The van der Waals surface area contributed by atoms with Crippen molar-refractivity contribution in [1.29, 1.82) is 0 Å². The monoisotopic (exact) mass is 392 g/mol. The second kappa shape index (κ2) is 6.79. The molecule has 1 amide bonds. The summed E-state index contributed by atoms with van der Waals surface area (Å²) in [6.07, 6.45) is 3.16. The van der Waals surface area contributed by atoms with Gasteiger partial charge in [0, 0.05) is 11.3 Å². The normalized spacial score (nSPS) is 26.3. The molecule has 1 aromatic carbocycles. The van der Waals surface area contributed by atoms with Gasteiger partial charge in [-0.1, -0.05) is 30.7 Å². The number of halogens is 1. The average molecular weight is 392 g/mol. The molecule has 3 unspecified atom stereocenters. The molecule has 0 bridgehead atoms. The van der Waals surface area contributed by atoms with Gasteiger partial charge in [0.1, 0.15) is 17.7 Å². The molecule has 3 heterocycles. The van der Waals surface area contributed by atoms with Crippen LogP contribution in [0.25, 0.3) is 0 Å². The van der Waals surface area contributed by atoms with Gasteiger partial charge >= 0.3 is 0 Å². The Kier molecular flexibility index (Phi) is 4.23. The lowest BCUT2D eigenvalue weighted by Crippen LogP contribution is -2.39. The van der Waals surface area contributed by atoms with Crippen LogP contribution >= 0.6 is 0 Å². The number of benzene rings is 1. The summed E-state index contributed by atoms with van der Waals surface area (Å²) in [5, 5.41) is 0. The molecule has 29 heavy (non-hydrogen) atoms. The Morgan fingerprint density at radius 2 is 1.86 bits per heavy atom. The van der Waals surface area contributed by atoms with Crippen molar-refractivity contribution in [3.05, 3.63) is 70.9 Å². The van der Waals surface area contributed by atoms with E-state index in [4.69, 9.17) is 4.74 Å². The van der Waals surface area contributed by atoms with E-state index in [9.17, 15) is 14.0 Å². The number of nitrogens with zero attached hydrogens (tertiary/aromatic N) is 2. The first-order valence-electron chi connectivity index (χ1n) is 10.0. The lowest BCUT2D eigenvalue weighted by molar-refractivity contribution is -0.131. The third kappa shape index (κ3) is 2.77. The second-order valence-corrected chi connectivity index (χ2v) is 7.89. The SMILES string of the molecule is Cc1cccc(N2C(=O)C3=C(C(=O)C4CCCCC4O3)C2c2ccccc2F)n1. The molecule has 1 aromatic heterocycles. The van der Waals surface area contributed by atoms with E-state index in [1.165, 1.54) is 11.0 Å². The van der Waals surface area contributed by atoms with Gasteiger partial charge in [0.15, 0.2) is 11.5 Å². The highest BCUT2D eigenvalue weighted by molar-refractivity contribution is 6.17. The average Bonchev–Trinajstić information content (AvgIpc) is 3.01. The number of amides is 1. The van der Waals surface area contributed by atoms with Gasteiger partial charge in [0.25, 0.3) is 5.91 Å². The zero-order chi connectivity index (χ0) is 20.1. The van der Waals surface area contributed by atoms with Gasteiger partial charge in [0.05, 0.1) is 17.5 Å². The van der Waals surface area contributed by atoms with Gasteiger partial charge in [-0.3, -0.25) is 14.5 Å². The van der Waals surface area contributed by atoms with Gasteiger partial charge in [-0.05, 0) is 44.4 Å². The smallest absolute Gasteiger partial charge is 0.295 e. The number of Topliss-reactive ketones (excluding diaryl/α,β-unsaturated/α-hetero) is 1. The van der Waals surface area contributed by atoms with E-state index in [1.807, 2.05) is 13.0 Å². The number of rotatable bonds is 2. The molecule has 1 fully saturated rings. The van der Waals surface area contributed by atoms with Crippen molar-refractivity contribution >= 4 is 17.5 Å². The minimum Gasteiger partial charge on any atom is -0.483 e. The highest BCUT2D eigenvalue weighted by Crippen LogP contribution is 2.48. The van der Waals surface area contributed by atoms with E-state index < -0.39 is 17.8 Å². The fraction of sp³-hybridized carbons (Fsp3) is 0.348. The lowest BCUT2D eigenvalue weighted by Gasteiger charge is -2.35. The number of anilines is 1. The molecule has 0 spiro atoms. The summed E-state index contributed by atoms with van der Waals surface area (Å²) in [4.78, 5) is 32.7. The van der Waals surface area contributed by atoms with Crippen LogP contribution in [0, 0.1) is 18.7 Å². The summed E-state index contributed by atoms with van der Waals surface area (Å²) in [7, 11) is 0. The number of carbonyl (C=O) groups is 2. The third-order valence-electron chi connectivity index (χ3n) is 6.08. The number of hydrogen-bond donors (Lipinski definition) is 0. The van der Waals surface area contributed by atoms with Crippen molar-refractivity contribution < 1.29 is 18.7 Å². The number of fused-ring (bicyclic) bond motifs is 1. The number of carbonyl (C=O) groups excluding carboxylic acids is 2. The van der Waals surface area contributed by atoms with E-state index in [0.29, 0.717) is 5.82 Å². The zero-order valence-electron chi connectivity index (χ0n) is 16.1. The molecule has 5 rings (SSSR count). The Hall–Kier alpha value is -3.02. The van der Waals surface area contributed by atoms with Gasteiger partial charge in [0.2, 0.25) is 0 Å². The molecule has 3 aliphatic rings. The summed E-state index contributed by atoms with van der Waals surface area (Å²) < 4.78 is 20.9. The first kappa shape index (κ1) is 18.0. The standard InChI is InChI=1S/C23H21FN2O3/c1-13-7-6-12-18(25-13)26-20(14-8-2-4-10-16(14)24)19-21(27)15-9-3-5-11-17(15)29-22(19)23(26)28/h2,4,6-8,10,12,15,17,20H,3,5,9,11H2,1H3. The van der Waals surface area contributed by atoms with Crippen LogP contribution in [0.15, 0.2) is 53.8 Å². The number of hydrogen-bond acceptors (Lipinski definition) is 4. The molecule has 3 atom stereocenters. The summed E-state index contributed by atoms with van der Waals surface area (Å²) in [5.41, 5.74) is 1.28. The molecular formula is C23H21FN2O3. The maximum atomic E-state index is 14.8. The number of aromatic nitrogens is 1. The van der Waals surface area contributed by atoms with Gasteiger partial charge in [-0.25, -0.2) is 9.37 Å². The summed E-state index contributed by atoms with van der Waals surface area (Å²) in [6.45, 7) is 1.83. The highest BCUT2D eigenvalue weighted by atomic mass is 19.1. The van der Waals surface area contributed by atoms with Crippen molar-refractivity contribution in [3.8, 4) is 0 Å². The zero-order valence-corrected chi connectivity index (χ0v) is 16.1. The predicted molar refractivity (Wildman–Crippen MR) is 104 cm³/mol. The summed E-state index contributed by atoms with van der Waals surface area (Å²) >= 11 is 0. The van der Waals surface area contributed by atoms with Crippen LogP contribution in [0.3, 0.4) is 0 Å². The Bertz CT molecular complexity index is 1050. The van der Waals surface area contributed by atoms with Crippen LogP contribution in [-0.2, 0) is 14.3 Å². The van der Waals surface area contributed by atoms with Crippen LogP contribution in [0.2, 0.25) is 0 Å². The van der Waals surface area contributed by atoms with Crippen molar-refractivity contribution in [1.82, 2.24) is 4.98 Å². The minimum atomic E-state index is -0.872. The second-order valence-electron chi connectivity index (χ2n) is 7.89. The van der Waals surface area contributed by atoms with Gasteiger partial charge in [-0.2, -0.15) is 0 Å². The molecule has 1 aliphatic carbocycles. The van der Waals surface area contributed by atoms with Crippen molar-refractivity contribution in [3.63, 3.8) is 0 Å².